The number of nitrogens with zero attached hydrogens (tertiary/aromatic N) is 1. The Labute approximate surface area is 163 Å². The minimum absolute atomic E-state index is 0.0000849. The summed E-state index contributed by atoms with van der Waals surface area (Å²) in [7, 11) is 0. The highest BCUT2D eigenvalue weighted by Crippen LogP contribution is 2.23. The predicted octanol–water partition coefficient (Wildman–Crippen LogP) is 5.37. The van der Waals surface area contributed by atoms with Gasteiger partial charge in [-0.05, 0) is 74.6 Å². The van der Waals surface area contributed by atoms with Crippen LogP contribution in [0.1, 0.15) is 51.2 Å². The van der Waals surface area contributed by atoms with Crippen molar-refractivity contribution in [1.29, 1.82) is 0 Å². The third-order valence-corrected chi connectivity index (χ3v) is 5.04. The molecule has 0 aromatic heterocycles. The molecule has 0 aliphatic heterocycles. The van der Waals surface area contributed by atoms with Crippen LogP contribution in [0.3, 0.4) is 0 Å². The molecule has 146 valence electrons. The molecular formula is C23H32N2O2. The minimum atomic E-state index is -0.153. The molecule has 1 unspecified atom stereocenters. The molecule has 0 saturated heterocycles. The van der Waals surface area contributed by atoms with Crippen LogP contribution in [0.2, 0.25) is 0 Å². The smallest absolute Gasteiger partial charge is 0.262 e. The molecule has 2 rings (SSSR count). The zero-order valence-electron chi connectivity index (χ0n) is 17.2. The van der Waals surface area contributed by atoms with E-state index in [1.807, 2.05) is 31.2 Å². The summed E-state index contributed by atoms with van der Waals surface area (Å²) in [5.74, 6) is 1.09. The number of rotatable bonds is 9. The molecule has 1 atom stereocenters. The Morgan fingerprint density at radius 2 is 1.74 bits per heavy atom. The van der Waals surface area contributed by atoms with E-state index in [2.05, 4.69) is 56.1 Å². The largest absolute Gasteiger partial charge is 0.484 e. The van der Waals surface area contributed by atoms with E-state index in [1.165, 1.54) is 11.3 Å². The molecule has 0 fully saturated rings. The number of amides is 1. The number of nitrogens with one attached hydrogen (secondary N) is 1. The van der Waals surface area contributed by atoms with Crippen molar-refractivity contribution in [2.75, 3.05) is 29.9 Å². The summed E-state index contributed by atoms with van der Waals surface area (Å²) in [5.41, 5.74) is 4.34. The predicted molar refractivity (Wildman–Crippen MR) is 114 cm³/mol. The molecule has 0 saturated carbocycles. The van der Waals surface area contributed by atoms with Gasteiger partial charge in [-0.2, -0.15) is 0 Å². The second-order valence-corrected chi connectivity index (χ2v) is 6.89. The molecular weight excluding hydrogens is 336 g/mol. The van der Waals surface area contributed by atoms with Crippen LogP contribution in [0.4, 0.5) is 11.4 Å². The van der Waals surface area contributed by atoms with Crippen molar-refractivity contribution in [1.82, 2.24) is 0 Å². The number of ether oxygens (including phenoxy) is 1. The number of anilines is 2. The van der Waals surface area contributed by atoms with Gasteiger partial charge in [-0.15, -0.1) is 0 Å². The van der Waals surface area contributed by atoms with Crippen molar-refractivity contribution < 1.29 is 9.53 Å². The lowest BCUT2D eigenvalue weighted by Gasteiger charge is -2.22. The van der Waals surface area contributed by atoms with Crippen molar-refractivity contribution >= 4 is 17.3 Å². The summed E-state index contributed by atoms with van der Waals surface area (Å²) in [5, 5.41) is 2.94. The van der Waals surface area contributed by atoms with Crippen LogP contribution in [-0.2, 0) is 4.79 Å². The molecule has 2 aromatic carbocycles. The summed E-state index contributed by atoms with van der Waals surface area (Å²) in [6, 6.07) is 14.1. The number of hydrogen-bond donors (Lipinski definition) is 1. The van der Waals surface area contributed by atoms with Gasteiger partial charge >= 0.3 is 0 Å². The maximum absolute atomic E-state index is 12.2. The quantitative estimate of drug-likeness (QED) is 0.647. The van der Waals surface area contributed by atoms with Crippen LogP contribution in [0, 0.1) is 6.92 Å². The molecule has 1 amide bonds. The summed E-state index contributed by atoms with van der Waals surface area (Å²) in [6.45, 7) is 12.6. The van der Waals surface area contributed by atoms with Crippen LogP contribution in [0.25, 0.3) is 0 Å². The van der Waals surface area contributed by atoms with E-state index in [0.717, 1.165) is 30.8 Å². The first kappa shape index (κ1) is 20.8. The normalized spacial score (nSPS) is 11.7. The molecule has 0 aliphatic carbocycles. The Bertz CT molecular complexity index is 737. The van der Waals surface area contributed by atoms with Crippen molar-refractivity contribution in [3.63, 3.8) is 0 Å². The summed E-state index contributed by atoms with van der Waals surface area (Å²) >= 11 is 0. The van der Waals surface area contributed by atoms with Gasteiger partial charge in [-0.3, -0.25) is 4.79 Å². The third kappa shape index (κ3) is 5.75. The molecule has 4 heteroatoms. The molecule has 27 heavy (non-hydrogen) atoms. The zero-order valence-corrected chi connectivity index (χ0v) is 17.2. The Balaban J connectivity index is 1.92. The first-order valence-corrected chi connectivity index (χ1v) is 9.86. The zero-order chi connectivity index (χ0) is 19.8. The van der Waals surface area contributed by atoms with E-state index >= 15 is 0 Å². The topological polar surface area (TPSA) is 41.6 Å². The van der Waals surface area contributed by atoms with Gasteiger partial charge in [-0.25, -0.2) is 0 Å². The lowest BCUT2D eigenvalue weighted by atomic mass is 9.99. The molecule has 0 heterocycles. The standard InChI is InChI=1S/C23H32N2O2/c1-6-17(4)19-9-12-21(13-10-19)27-16-23(26)24-22-14-11-20(15-18(22)5)25(7-2)8-3/h9-15,17H,6-8,16H2,1-5H3,(H,24,26). The van der Waals surface area contributed by atoms with Gasteiger partial charge in [0.05, 0.1) is 0 Å². The highest BCUT2D eigenvalue weighted by molar-refractivity contribution is 5.92. The second kappa shape index (κ2) is 10.0. The Hall–Kier alpha value is -2.49. The highest BCUT2D eigenvalue weighted by Gasteiger charge is 2.09. The van der Waals surface area contributed by atoms with Gasteiger partial charge in [0.25, 0.3) is 5.91 Å². The maximum Gasteiger partial charge on any atom is 0.262 e. The van der Waals surface area contributed by atoms with Gasteiger partial charge < -0.3 is 15.0 Å². The number of carbonyl (C=O) groups is 1. The lowest BCUT2D eigenvalue weighted by molar-refractivity contribution is -0.118. The highest BCUT2D eigenvalue weighted by atomic mass is 16.5. The lowest BCUT2D eigenvalue weighted by Crippen LogP contribution is -2.23. The van der Waals surface area contributed by atoms with Crippen LogP contribution >= 0.6 is 0 Å². The van der Waals surface area contributed by atoms with E-state index in [9.17, 15) is 4.79 Å². The van der Waals surface area contributed by atoms with Crippen molar-refractivity contribution in [2.45, 2.75) is 47.0 Å². The molecule has 0 radical (unpaired) electrons. The average molecular weight is 369 g/mol. The van der Waals surface area contributed by atoms with Gasteiger partial charge in [0, 0.05) is 24.5 Å². The molecule has 4 nitrogen and oxygen atoms in total. The first-order valence-electron chi connectivity index (χ1n) is 9.86. The maximum atomic E-state index is 12.2. The average Bonchev–Trinajstić information content (AvgIpc) is 2.69. The Kier molecular flexibility index (Phi) is 7.71. The number of hydrogen-bond acceptors (Lipinski definition) is 3. The number of carbonyl (C=O) groups excluding carboxylic acids is 1. The number of aryl methyl sites for hydroxylation is 1. The monoisotopic (exact) mass is 368 g/mol. The minimum Gasteiger partial charge on any atom is -0.484 e. The van der Waals surface area contributed by atoms with Crippen molar-refractivity contribution in [3.05, 3.63) is 53.6 Å². The van der Waals surface area contributed by atoms with Crippen LogP contribution in [-0.4, -0.2) is 25.6 Å². The van der Waals surface area contributed by atoms with Gasteiger partial charge in [0.15, 0.2) is 6.61 Å². The Morgan fingerprint density at radius 3 is 2.30 bits per heavy atom. The van der Waals surface area contributed by atoms with Crippen LogP contribution in [0.15, 0.2) is 42.5 Å². The van der Waals surface area contributed by atoms with Crippen LogP contribution < -0.4 is 15.0 Å². The fraction of sp³-hybridized carbons (Fsp3) is 0.435. The fourth-order valence-electron chi connectivity index (χ4n) is 3.04. The van der Waals surface area contributed by atoms with E-state index in [1.54, 1.807) is 0 Å². The SMILES string of the molecule is CCC(C)c1ccc(OCC(=O)Nc2ccc(N(CC)CC)cc2C)cc1. The van der Waals surface area contributed by atoms with Gasteiger partial charge in [0.1, 0.15) is 5.75 Å². The third-order valence-electron chi connectivity index (χ3n) is 5.04. The molecule has 2 aromatic rings. The summed E-state index contributed by atoms with van der Waals surface area (Å²) in [6.07, 6.45) is 1.11. The first-order chi connectivity index (χ1) is 13.0. The molecule has 1 N–H and O–H groups in total. The molecule has 0 aliphatic rings. The van der Waals surface area contributed by atoms with Crippen molar-refractivity contribution in [3.8, 4) is 5.75 Å². The fourth-order valence-corrected chi connectivity index (χ4v) is 3.04. The number of benzene rings is 2. The van der Waals surface area contributed by atoms with E-state index < -0.39 is 0 Å². The van der Waals surface area contributed by atoms with Crippen LogP contribution in [0.5, 0.6) is 5.75 Å². The summed E-state index contributed by atoms with van der Waals surface area (Å²) in [4.78, 5) is 14.5. The van der Waals surface area contributed by atoms with Crippen molar-refractivity contribution in [2.24, 2.45) is 0 Å². The molecule has 0 spiro atoms. The van der Waals surface area contributed by atoms with E-state index in [4.69, 9.17) is 4.74 Å². The van der Waals surface area contributed by atoms with E-state index in [0.29, 0.717) is 11.7 Å². The second-order valence-electron chi connectivity index (χ2n) is 6.89. The van der Waals surface area contributed by atoms with E-state index in [-0.39, 0.29) is 12.5 Å². The molecule has 0 bridgehead atoms. The van der Waals surface area contributed by atoms with Gasteiger partial charge in [-0.1, -0.05) is 26.0 Å². The van der Waals surface area contributed by atoms with Gasteiger partial charge in [0.2, 0.25) is 0 Å². The summed E-state index contributed by atoms with van der Waals surface area (Å²) < 4.78 is 5.62. The Morgan fingerprint density at radius 1 is 1.07 bits per heavy atom.